The van der Waals surface area contributed by atoms with Crippen molar-refractivity contribution in [3.8, 4) is 5.75 Å². The topological polar surface area (TPSA) is 25.4 Å². The summed E-state index contributed by atoms with van der Waals surface area (Å²) in [6.45, 7) is 10.7. The first kappa shape index (κ1) is 23.8. The number of aromatic nitrogens is 1. The second kappa shape index (κ2) is 11.7. The van der Waals surface area contributed by atoms with Gasteiger partial charge in [-0.25, -0.2) is 0 Å². The maximum absolute atomic E-state index is 6.08. The van der Waals surface area contributed by atoms with Crippen molar-refractivity contribution < 1.29 is 4.74 Å². The fourth-order valence-electron chi connectivity index (χ4n) is 3.88. The first-order valence-corrected chi connectivity index (χ1v) is 11.9. The third-order valence-corrected chi connectivity index (χ3v) is 6.34. The molecule has 0 amide bonds. The molecule has 32 heavy (non-hydrogen) atoms. The van der Waals surface area contributed by atoms with Crippen molar-refractivity contribution in [2.45, 2.75) is 58.3 Å². The van der Waals surface area contributed by atoms with Gasteiger partial charge in [-0.1, -0.05) is 58.0 Å². The third kappa shape index (κ3) is 6.85. The highest BCUT2D eigenvalue weighted by molar-refractivity contribution is 5.47. The van der Waals surface area contributed by atoms with Gasteiger partial charge in [-0.2, -0.15) is 0 Å². The third-order valence-electron chi connectivity index (χ3n) is 6.34. The number of benzene rings is 2. The van der Waals surface area contributed by atoms with E-state index in [2.05, 4.69) is 99.2 Å². The summed E-state index contributed by atoms with van der Waals surface area (Å²) in [6.07, 6.45) is 3.91. The van der Waals surface area contributed by atoms with Gasteiger partial charge in [-0.05, 0) is 72.2 Å². The van der Waals surface area contributed by atoms with Crippen LogP contribution in [0.15, 0.2) is 72.9 Å². The van der Waals surface area contributed by atoms with E-state index in [1.165, 1.54) is 16.8 Å². The number of hydrogen-bond donors (Lipinski definition) is 0. The van der Waals surface area contributed by atoms with E-state index in [0.717, 1.165) is 30.8 Å². The molecule has 2 atom stereocenters. The highest BCUT2D eigenvalue weighted by Crippen LogP contribution is 2.26. The molecule has 3 heteroatoms. The molecule has 1 aromatic heterocycles. The van der Waals surface area contributed by atoms with Gasteiger partial charge in [0.1, 0.15) is 5.75 Å². The van der Waals surface area contributed by atoms with Crippen LogP contribution < -0.4 is 9.64 Å². The first-order chi connectivity index (χ1) is 15.4. The predicted molar refractivity (Wildman–Crippen MR) is 136 cm³/mol. The van der Waals surface area contributed by atoms with Crippen LogP contribution in [0.5, 0.6) is 5.75 Å². The SMILES string of the molecule is CC(C)c1ccc(N(C)CCC(C)c2cccc(OCCC(C)c3ccccn3)c2)cc1. The molecule has 2 aromatic carbocycles. The monoisotopic (exact) mass is 430 g/mol. The summed E-state index contributed by atoms with van der Waals surface area (Å²) in [4.78, 5) is 6.80. The van der Waals surface area contributed by atoms with Crippen LogP contribution in [0.25, 0.3) is 0 Å². The maximum Gasteiger partial charge on any atom is 0.119 e. The molecule has 3 aromatic rings. The standard InChI is InChI=1S/C29H38N2O/c1-22(2)25-12-14-27(15-13-25)31(5)19-16-23(3)26-9-8-10-28(21-26)32-20-17-24(4)29-11-6-7-18-30-29/h6-15,18,21-24H,16-17,19-20H2,1-5H3. The zero-order valence-electron chi connectivity index (χ0n) is 20.3. The smallest absolute Gasteiger partial charge is 0.119 e. The number of hydrogen-bond acceptors (Lipinski definition) is 3. The van der Waals surface area contributed by atoms with E-state index in [1.807, 2.05) is 18.3 Å². The molecule has 0 aliphatic rings. The Morgan fingerprint density at radius 2 is 1.59 bits per heavy atom. The molecule has 0 aliphatic heterocycles. The van der Waals surface area contributed by atoms with E-state index in [1.54, 1.807) is 0 Å². The van der Waals surface area contributed by atoms with Gasteiger partial charge < -0.3 is 9.64 Å². The molecule has 0 bridgehead atoms. The summed E-state index contributed by atoms with van der Waals surface area (Å²) in [5.41, 5.74) is 5.13. The van der Waals surface area contributed by atoms with E-state index in [0.29, 0.717) is 24.4 Å². The summed E-state index contributed by atoms with van der Waals surface area (Å²) in [6, 6.07) is 23.6. The maximum atomic E-state index is 6.08. The van der Waals surface area contributed by atoms with Gasteiger partial charge in [-0.15, -0.1) is 0 Å². The Balaban J connectivity index is 1.48. The summed E-state index contributed by atoms with van der Waals surface area (Å²) < 4.78 is 6.08. The Hall–Kier alpha value is -2.81. The number of anilines is 1. The Labute approximate surface area is 194 Å². The molecular formula is C29H38N2O. The van der Waals surface area contributed by atoms with Crippen LogP contribution in [-0.4, -0.2) is 25.2 Å². The molecule has 0 aliphatic carbocycles. The number of pyridine rings is 1. The molecule has 1 heterocycles. The van der Waals surface area contributed by atoms with Gasteiger partial charge in [0.05, 0.1) is 6.61 Å². The molecule has 3 nitrogen and oxygen atoms in total. The van der Waals surface area contributed by atoms with Crippen LogP contribution in [0.1, 0.15) is 75.1 Å². The highest BCUT2D eigenvalue weighted by atomic mass is 16.5. The van der Waals surface area contributed by atoms with E-state index >= 15 is 0 Å². The van der Waals surface area contributed by atoms with Gasteiger partial charge in [0.25, 0.3) is 0 Å². The van der Waals surface area contributed by atoms with Gasteiger partial charge in [0, 0.05) is 37.1 Å². The summed E-state index contributed by atoms with van der Waals surface area (Å²) in [5.74, 6) is 2.40. The van der Waals surface area contributed by atoms with Crippen molar-refractivity contribution >= 4 is 5.69 Å². The fourth-order valence-corrected chi connectivity index (χ4v) is 3.88. The Kier molecular flexibility index (Phi) is 8.72. The molecule has 3 rings (SSSR count). The van der Waals surface area contributed by atoms with Crippen molar-refractivity contribution in [3.05, 3.63) is 89.7 Å². The molecular weight excluding hydrogens is 392 g/mol. The minimum absolute atomic E-state index is 0.392. The van der Waals surface area contributed by atoms with Crippen molar-refractivity contribution in [1.82, 2.24) is 4.98 Å². The van der Waals surface area contributed by atoms with Crippen LogP contribution in [0.4, 0.5) is 5.69 Å². The molecule has 0 N–H and O–H groups in total. The van der Waals surface area contributed by atoms with E-state index in [-0.39, 0.29) is 0 Å². The second-order valence-electron chi connectivity index (χ2n) is 9.22. The van der Waals surface area contributed by atoms with Crippen molar-refractivity contribution in [2.24, 2.45) is 0 Å². The predicted octanol–water partition coefficient (Wildman–Crippen LogP) is 7.41. The lowest BCUT2D eigenvalue weighted by Crippen LogP contribution is -2.20. The second-order valence-corrected chi connectivity index (χ2v) is 9.22. The van der Waals surface area contributed by atoms with Crippen molar-refractivity contribution in [3.63, 3.8) is 0 Å². The van der Waals surface area contributed by atoms with E-state index in [9.17, 15) is 0 Å². The average molecular weight is 431 g/mol. The molecule has 0 saturated heterocycles. The largest absolute Gasteiger partial charge is 0.494 e. The van der Waals surface area contributed by atoms with Crippen LogP contribution in [0.2, 0.25) is 0 Å². The fraction of sp³-hybridized carbons (Fsp3) is 0.414. The van der Waals surface area contributed by atoms with Crippen LogP contribution in [0.3, 0.4) is 0 Å². The molecule has 0 fully saturated rings. The normalized spacial score (nSPS) is 13.1. The lowest BCUT2D eigenvalue weighted by molar-refractivity contribution is 0.299. The molecule has 0 spiro atoms. The molecule has 0 radical (unpaired) electrons. The lowest BCUT2D eigenvalue weighted by atomic mass is 9.97. The van der Waals surface area contributed by atoms with Gasteiger partial charge in [0.2, 0.25) is 0 Å². The zero-order chi connectivity index (χ0) is 22.9. The summed E-state index contributed by atoms with van der Waals surface area (Å²) >= 11 is 0. The molecule has 170 valence electrons. The van der Waals surface area contributed by atoms with Crippen LogP contribution in [0, 0.1) is 0 Å². The van der Waals surface area contributed by atoms with E-state index in [4.69, 9.17) is 4.74 Å². The molecule has 2 unspecified atom stereocenters. The van der Waals surface area contributed by atoms with Crippen molar-refractivity contribution in [1.29, 1.82) is 0 Å². The van der Waals surface area contributed by atoms with Gasteiger partial charge in [-0.3, -0.25) is 4.98 Å². The minimum Gasteiger partial charge on any atom is -0.494 e. The van der Waals surface area contributed by atoms with E-state index < -0.39 is 0 Å². The first-order valence-electron chi connectivity index (χ1n) is 11.9. The highest BCUT2D eigenvalue weighted by Gasteiger charge is 2.11. The van der Waals surface area contributed by atoms with Crippen LogP contribution >= 0.6 is 0 Å². The minimum atomic E-state index is 0.392. The number of nitrogens with zero attached hydrogens (tertiary/aromatic N) is 2. The van der Waals surface area contributed by atoms with Crippen LogP contribution in [-0.2, 0) is 0 Å². The summed E-state index contributed by atoms with van der Waals surface area (Å²) in [7, 11) is 2.18. The quantitative estimate of drug-likeness (QED) is 0.317. The Morgan fingerprint density at radius 3 is 2.28 bits per heavy atom. The summed E-state index contributed by atoms with van der Waals surface area (Å²) in [5, 5.41) is 0. The average Bonchev–Trinajstić information content (AvgIpc) is 2.83. The Morgan fingerprint density at radius 1 is 0.812 bits per heavy atom. The van der Waals surface area contributed by atoms with Gasteiger partial charge in [0.15, 0.2) is 0 Å². The Bertz CT molecular complexity index is 937. The number of ether oxygens (including phenoxy) is 1. The van der Waals surface area contributed by atoms with Gasteiger partial charge >= 0.3 is 0 Å². The lowest BCUT2D eigenvalue weighted by Gasteiger charge is -2.22. The molecule has 0 saturated carbocycles. The van der Waals surface area contributed by atoms with Crippen molar-refractivity contribution in [2.75, 3.05) is 25.1 Å². The number of rotatable bonds is 11. The zero-order valence-corrected chi connectivity index (χ0v) is 20.3.